The summed E-state index contributed by atoms with van der Waals surface area (Å²) in [5.74, 6) is 0.933. The smallest absolute Gasteiger partial charge is 0.134 e. The van der Waals surface area contributed by atoms with Gasteiger partial charge in [-0.3, -0.25) is 0 Å². The number of rotatable bonds is 6. The number of methoxy groups -OCH3 is 1. The van der Waals surface area contributed by atoms with Crippen molar-refractivity contribution in [2.45, 2.75) is 20.0 Å². The average molecular weight is 223 g/mol. The molecule has 1 aromatic carbocycles. The normalized spacial score (nSPS) is 12.5. The first kappa shape index (κ1) is 13.0. The lowest BCUT2D eigenvalue weighted by molar-refractivity contribution is 0.0814. The Morgan fingerprint density at radius 2 is 2.06 bits per heavy atom. The highest BCUT2D eigenvalue weighted by molar-refractivity contribution is 5.35. The van der Waals surface area contributed by atoms with Gasteiger partial charge in [-0.25, -0.2) is 0 Å². The molecule has 0 heterocycles. The zero-order valence-corrected chi connectivity index (χ0v) is 10.5. The maximum Gasteiger partial charge on any atom is 0.134 e. The second kappa shape index (κ2) is 6.51. The van der Waals surface area contributed by atoms with Crippen LogP contribution >= 0.6 is 0 Å². The molecular weight excluding hydrogens is 202 g/mol. The third-order valence-corrected chi connectivity index (χ3v) is 2.41. The molecule has 1 aromatic rings. The zero-order chi connectivity index (χ0) is 12.0. The molecule has 3 nitrogen and oxygen atoms in total. The highest BCUT2D eigenvalue weighted by atomic mass is 16.5. The first-order valence-corrected chi connectivity index (χ1v) is 5.54. The van der Waals surface area contributed by atoms with E-state index in [2.05, 4.69) is 31.3 Å². The number of hydrogen-bond donors (Lipinski definition) is 1. The van der Waals surface area contributed by atoms with Crippen molar-refractivity contribution in [3.8, 4) is 5.75 Å². The van der Waals surface area contributed by atoms with E-state index in [1.54, 1.807) is 7.11 Å². The fourth-order valence-corrected chi connectivity index (χ4v) is 1.66. The molecule has 0 saturated heterocycles. The summed E-state index contributed by atoms with van der Waals surface area (Å²) in [6, 6.07) is 6.20. The molecule has 16 heavy (non-hydrogen) atoms. The molecule has 0 fully saturated rings. The van der Waals surface area contributed by atoms with Crippen LogP contribution in [0.3, 0.4) is 0 Å². The largest absolute Gasteiger partial charge is 0.486 e. The quantitative estimate of drug-likeness (QED) is 0.799. The molecule has 1 rings (SSSR count). The van der Waals surface area contributed by atoms with Gasteiger partial charge in [0.2, 0.25) is 0 Å². The van der Waals surface area contributed by atoms with Crippen LogP contribution in [0.5, 0.6) is 5.75 Å². The first-order chi connectivity index (χ1) is 7.67. The van der Waals surface area contributed by atoms with E-state index < -0.39 is 0 Å². The molecule has 3 heteroatoms. The summed E-state index contributed by atoms with van der Waals surface area (Å²) >= 11 is 0. The number of nitrogens with one attached hydrogen (secondary N) is 1. The van der Waals surface area contributed by atoms with Gasteiger partial charge in [-0.2, -0.15) is 0 Å². The minimum absolute atomic E-state index is 0.0522. The van der Waals surface area contributed by atoms with Crippen molar-refractivity contribution in [1.29, 1.82) is 0 Å². The summed E-state index contributed by atoms with van der Waals surface area (Å²) in [4.78, 5) is 0. The van der Waals surface area contributed by atoms with E-state index in [0.717, 1.165) is 17.9 Å². The van der Waals surface area contributed by atoms with Crippen LogP contribution in [-0.2, 0) is 4.74 Å². The van der Waals surface area contributed by atoms with Crippen LogP contribution in [0.25, 0.3) is 0 Å². The molecule has 1 N–H and O–H groups in total. The summed E-state index contributed by atoms with van der Waals surface area (Å²) in [6.07, 6.45) is 0.0522. The Morgan fingerprint density at radius 1 is 1.31 bits per heavy atom. The van der Waals surface area contributed by atoms with Gasteiger partial charge in [0.05, 0.1) is 6.61 Å². The van der Waals surface area contributed by atoms with E-state index >= 15 is 0 Å². The van der Waals surface area contributed by atoms with Crippen molar-refractivity contribution in [1.82, 2.24) is 5.32 Å². The number of hydrogen-bond acceptors (Lipinski definition) is 3. The third kappa shape index (κ3) is 3.83. The lowest BCUT2D eigenvalue weighted by atomic mass is 10.1. The summed E-state index contributed by atoms with van der Waals surface area (Å²) < 4.78 is 11.0. The second-order valence-corrected chi connectivity index (χ2v) is 4.02. The minimum Gasteiger partial charge on any atom is -0.486 e. The van der Waals surface area contributed by atoms with Gasteiger partial charge in [-0.15, -0.1) is 0 Å². The predicted molar refractivity (Wildman–Crippen MR) is 66.1 cm³/mol. The van der Waals surface area contributed by atoms with Gasteiger partial charge in [-0.05, 0) is 32.5 Å². The molecule has 1 unspecified atom stereocenters. The summed E-state index contributed by atoms with van der Waals surface area (Å²) in [7, 11) is 3.60. The predicted octanol–water partition coefficient (Wildman–Crippen LogP) is 1.92. The molecular formula is C13H21NO2. The van der Waals surface area contributed by atoms with Crippen LogP contribution in [0.1, 0.15) is 11.1 Å². The maximum absolute atomic E-state index is 5.89. The average Bonchev–Trinajstić information content (AvgIpc) is 2.23. The highest BCUT2D eigenvalue weighted by Crippen LogP contribution is 2.19. The van der Waals surface area contributed by atoms with Crippen LogP contribution in [0.15, 0.2) is 18.2 Å². The zero-order valence-electron chi connectivity index (χ0n) is 10.5. The molecule has 0 amide bonds. The van der Waals surface area contributed by atoms with E-state index in [-0.39, 0.29) is 6.10 Å². The van der Waals surface area contributed by atoms with Crippen LogP contribution in [0.4, 0.5) is 0 Å². The van der Waals surface area contributed by atoms with Crippen molar-refractivity contribution in [3.63, 3.8) is 0 Å². The topological polar surface area (TPSA) is 30.5 Å². The van der Waals surface area contributed by atoms with Crippen LogP contribution in [-0.4, -0.2) is 33.4 Å². The minimum atomic E-state index is 0.0522. The first-order valence-electron chi connectivity index (χ1n) is 5.54. The van der Waals surface area contributed by atoms with Crippen molar-refractivity contribution in [2.24, 2.45) is 0 Å². The SMILES string of the molecule is CNCC(COC)Oc1ccc(C)cc1C. The van der Waals surface area contributed by atoms with Crippen LogP contribution in [0.2, 0.25) is 0 Å². The fraction of sp³-hybridized carbons (Fsp3) is 0.538. The number of likely N-dealkylation sites (N-methyl/N-ethyl adjacent to an activating group) is 1. The molecule has 0 aliphatic carbocycles. The van der Waals surface area contributed by atoms with Crippen LogP contribution in [0, 0.1) is 13.8 Å². The Bertz CT molecular complexity index is 320. The van der Waals surface area contributed by atoms with E-state index in [1.807, 2.05) is 13.1 Å². The summed E-state index contributed by atoms with van der Waals surface area (Å²) in [6.45, 7) is 5.51. The Morgan fingerprint density at radius 3 is 2.62 bits per heavy atom. The fourth-order valence-electron chi connectivity index (χ4n) is 1.66. The van der Waals surface area contributed by atoms with Crippen molar-refractivity contribution in [2.75, 3.05) is 27.3 Å². The molecule has 0 aromatic heterocycles. The van der Waals surface area contributed by atoms with Gasteiger partial charge in [0, 0.05) is 13.7 Å². The van der Waals surface area contributed by atoms with Gasteiger partial charge in [0.25, 0.3) is 0 Å². The molecule has 0 spiro atoms. The van der Waals surface area contributed by atoms with Crippen molar-refractivity contribution in [3.05, 3.63) is 29.3 Å². The molecule has 0 radical (unpaired) electrons. The summed E-state index contributed by atoms with van der Waals surface area (Å²) in [5, 5.41) is 3.10. The second-order valence-electron chi connectivity index (χ2n) is 4.02. The van der Waals surface area contributed by atoms with Gasteiger partial charge in [0.15, 0.2) is 0 Å². The summed E-state index contributed by atoms with van der Waals surface area (Å²) in [5.41, 5.74) is 2.42. The van der Waals surface area contributed by atoms with E-state index in [4.69, 9.17) is 9.47 Å². The van der Waals surface area contributed by atoms with E-state index in [1.165, 1.54) is 5.56 Å². The molecule has 0 bridgehead atoms. The highest BCUT2D eigenvalue weighted by Gasteiger charge is 2.10. The van der Waals surface area contributed by atoms with Gasteiger partial charge < -0.3 is 14.8 Å². The Hall–Kier alpha value is -1.06. The van der Waals surface area contributed by atoms with Crippen molar-refractivity contribution < 1.29 is 9.47 Å². The lowest BCUT2D eigenvalue weighted by Crippen LogP contribution is -2.33. The Kier molecular flexibility index (Phi) is 5.29. The Balaban J connectivity index is 2.68. The standard InChI is InChI=1S/C13H21NO2/c1-10-5-6-13(11(2)7-10)16-12(8-14-3)9-15-4/h5-7,12,14H,8-9H2,1-4H3. The van der Waals surface area contributed by atoms with Crippen LogP contribution < -0.4 is 10.1 Å². The third-order valence-electron chi connectivity index (χ3n) is 2.41. The van der Waals surface area contributed by atoms with E-state index in [0.29, 0.717) is 6.61 Å². The van der Waals surface area contributed by atoms with Crippen molar-refractivity contribution >= 4 is 0 Å². The maximum atomic E-state index is 5.89. The van der Waals surface area contributed by atoms with Gasteiger partial charge in [0.1, 0.15) is 11.9 Å². The Labute approximate surface area is 97.8 Å². The monoisotopic (exact) mass is 223 g/mol. The molecule has 0 aliphatic rings. The van der Waals surface area contributed by atoms with E-state index in [9.17, 15) is 0 Å². The molecule has 0 aliphatic heterocycles. The molecule has 0 saturated carbocycles. The number of ether oxygens (including phenoxy) is 2. The molecule has 1 atom stereocenters. The molecule has 90 valence electrons. The van der Waals surface area contributed by atoms with Gasteiger partial charge >= 0.3 is 0 Å². The lowest BCUT2D eigenvalue weighted by Gasteiger charge is -2.19. The number of benzene rings is 1. The van der Waals surface area contributed by atoms with Gasteiger partial charge in [-0.1, -0.05) is 17.7 Å². The number of aryl methyl sites for hydroxylation is 2.